The summed E-state index contributed by atoms with van der Waals surface area (Å²) < 4.78 is 4.81. The van der Waals surface area contributed by atoms with Gasteiger partial charge >= 0.3 is 0 Å². The molecule has 0 atom stereocenters. The Bertz CT molecular complexity index is 4310. The molecule has 0 aliphatic heterocycles. The molecule has 0 saturated carbocycles. The van der Waals surface area contributed by atoms with Crippen molar-refractivity contribution >= 4 is 75.9 Å². The molecule has 15 rings (SSSR count). The van der Waals surface area contributed by atoms with Crippen molar-refractivity contribution in [2.24, 2.45) is 0 Å². The second-order valence-corrected chi connectivity index (χ2v) is 19.7. The second-order valence-electron chi connectivity index (χ2n) is 19.7. The third-order valence-electron chi connectivity index (χ3n) is 15.5. The van der Waals surface area contributed by atoms with Gasteiger partial charge in [0.05, 0.1) is 33.5 Å². The van der Waals surface area contributed by atoms with Crippen molar-refractivity contribution in [3.8, 4) is 56.4 Å². The highest BCUT2D eigenvalue weighted by molar-refractivity contribution is 6.26. The van der Waals surface area contributed by atoms with E-state index >= 15 is 0 Å². The lowest BCUT2D eigenvalue weighted by Crippen LogP contribution is -2.14. The van der Waals surface area contributed by atoms with Gasteiger partial charge in [-0.15, -0.1) is 0 Å². The molecule has 1 aliphatic carbocycles. The van der Waals surface area contributed by atoms with E-state index in [9.17, 15) is 0 Å². The topological polar surface area (TPSA) is 35.6 Å². The van der Waals surface area contributed by atoms with Gasteiger partial charge in [0.15, 0.2) is 5.82 Å². The standard InChI is InChI=1S/C67H44N4/c1-67(2)58-27-13-8-22-49(58)57-38-55-47-21-7-6-20-46(47)54-36-42(32-33-48(54)56(55)39-59(57)67)61-40-60(41-18-4-3-5-19-41)68-66(69-61)43-34-44(70-62-28-14-9-23-50(62)51-24-10-15-29-63(51)70)37-45(35-43)71-64-30-16-11-25-52(64)53-26-12-17-31-65(53)71/h3-40H,1-2H3. The SMILES string of the molecule is CC1(C)c2ccccc2-c2cc3c4ccccc4c4cc(-c5cc(-c6ccccc6)nc(-c6cc(-n7c8ccccc8c8ccccc87)cc(-n7c8ccccc8c8ccccc87)c6)n5)ccc4c3cc21. The summed E-state index contributed by atoms with van der Waals surface area (Å²) in [6.45, 7) is 4.73. The Morgan fingerprint density at radius 2 is 0.746 bits per heavy atom. The molecule has 3 heterocycles. The van der Waals surface area contributed by atoms with Crippen LogP contribution in [-0.4, -0.2) is 19.1 Å². The van der Waals surface area contributed by atoms with Crippen molar-refractivity contribution < 1.29 is 0 Å². The lowest BCUT2D eigenvalue weighted by molar-refractivity contribution is 0.661. The lowest BCUT2D eigenvalue weighted by Gasteiger charge is -2.22. The van der Waals surface area contributed by atoms with E-state index in [0.717, 1.165) is 61.5 Å². The summed E-state index contributed by atoms with van der Waals surface area (Å²) in [6.07, 6.45) is 0. The minimum Gasteiger partial charge on any atom is -0.309 e. The summed E-state index contributed by atoms with van der Waals surface area (Å²) in [6, 6.07) is 84.2. The summed E-state index contributed by atoms with van der Waals surface area (Å²) >= 11 is 0. The first kappa shape index (κ1) is 39.8. The predicted molar refractivity (Wildman–Crippen MR) is 297 cm³/mol. The average Bonchev–Trinajstić information content (AvgIpc) is 4.03. The van der Waals surface area contributed by atoms with Gasteiger partial charge in [0.2, 0.25) is 0 Å². The van der Waals surface area contributed by atoms with Crippen LogP contribution in [-0.2, 0) is 5.41 Å². The third-order valence-corrected chi connectivity index (χ3v) is 15.5. The minimum absolute atomic E-state index is 0.108. The summed E-state index contributed by atoms with van der Waals surface area (Å²) in [5.74, 6) is 0.659. The van der Waals surface area contributed by atoms with Gasteiger partial charge in [-0.05, 0) is 121 Å². The summed E-state index contributed by atoms with van der Waals surface area (Å²) in [5, 5.41) is 12.4. The highest BCUT2D eigenvalue weighted by Crippen LogP contribution is 2.51. The third kappa shape index (κ3) is 5.85. The Balaban J connectivity index is 0.990. The molecule has 0 radical (unpaired) electrons. The fourth-order valence-corrected chi connectivity index (χ4v) is 12.2. The second kappa shape index (κ2) is 14.9. The maximum atomic E-state index is 5.60. The first-order valence-electron chi connectivity index (χ1n) is 24.6. The fraction of sp³-hybridized carbons (Fsp3) is 0.0448. The predicted octanol–water partition coefficient (Wildman–Crippen LogP) is 17.4. The first-order chi connectivity index (χ1) is 35.0. The number of hydrogen-bond donors (Lipinski definition) is 0. The first-order valence-corrected chi connectivity index (χ1v) is 24.6. The molecule has 3 aromatic heterocycles. The maximum absolute atomic E-state index is 5.60. The monoisotopic (exact) mass is 904 g/mol. The number of fused-ring (bicyclic) bond motifs is 15. The van der Waals surface area contributed by atoms with Gasteiger partial charge in [0.1, 0.15) is 0 Å². The zero-order valence-electron chi connectivity index (χ0n) is 39.2. The minimum atomic E-state index is -0.108. The number of benzene rings is 11. The van der Waals surface area contributed by atoms with Gasteiger partial charge in [-0.1, -0.05) is 178 Å². The zero-order chi connectivity index (χ0) is 47.0. The van der Waals surface area contributed by atoms with Crippen LogP contribution < -0.4 is 0 Å². The molecule has 14 aromatic rings. The van der Waals surface area contributed by atoms with E-state index in [0.29, 0.717) is 5.82 Å². The molecular weight excluding hydrogens is 861 g/mol. The maximum Gasteiger partial charge on any atom is 0.160 e. The van der Waals surface area contributed by atoms with Crippen LogP contribution in [0.25, 0.3) is 132 Å². The Morgan fingerprint density at radius 3 is 1.32 bits per heavy atom. The highest BCUT2D eigenvalue weighted by Gasteiger charge is 2.36. The highest BCUT2D eigenvalue weighted by atomic mass is 15.0. The molecule has 332 valence electrons. The van der Waals surface area contributed by atoms with Crippen molar-refractivity contribution in [2.45, 2.75) is 19.3 Å². The van der Waals surface area contributed by atoms with Gasteiger partial charge in [-0.25, -0.2) is 9.97 Å². The van der Waals surface area contributed by atoms with Crippen LogP contribution in [0.2, 0.25) is 0 Å². The molecule has 0 amide bonds. The van der Waals surface area contributed by atoms with E-state index in [1.165, 1.54) is 76.1 Å². The molecule has 1 aliphatic rings. The van der Waals surface area contributed by atoms with E-state index in [2.05, 4.69) is 254 Å². The van der Waals surface area contributed by atoms with Crippen molar-refractivity contribution in [1.29, 1.82) is 0 Å². The van der Waals surface area contributed by atoms with Gasteiger partial charge in [-0.2, -0.15) is 0 Å². The normalized spacial score (nSPS) is 13.0. The van der Waals surface area contributed by atoms with Gasteiger partial charge in [-0.3, -0.25) is 0 Å². The summed E-state index contributed by atoms with van der Waals surface area (Å²) in [4.78, 5) is 11.1. The molecule has 71 heavy (non-hydrogen) atoms. The molecular formula is C67H44N4. The number of aromatic nitrogens is 4. The number of hydrogen-bond acceptors (Lipinski definition) is 2. The van der Waals surface area contributed by atoms with Crippen LogP contribution in [0.5, 0.6) is 0 Å². The number of nitrogens with zero attached hydrogens (tertiary/aromatic N) is 4. The molecule has 0 saturated heterocycles. The van der Waals surface area contributed by atoms with Gasteiger partial charge in [0, 0.05) is 55.0 Å². The van der Waals surface area contributed by atoms with Crippen LogP contribution >= 0.6 is 0 Å². The molecule has 0 N–H and O–H groups in total. The van der Waals surface area contributed by atoms with Gasteiger partial charge in [0.25, 0.3) is 0 Å². The number of para-hydroxylation sites is 4. The molecule has 0 unspecified atom stereocenters. The molecule has 4 nitrogen and oxygen atoms in total. The summed E-state index contributed by atoms with van der Waals surface area (Å²) in [7, 11) is 0. The van der Waals surface area contributed by atoms with Crippen LogP contribution in [0.3, 0.4) is 0 Å². The Kier molecular flexibility index (Phi) is 8.38. The van der Waals surface area contributed by atoms with Crippen molar-refractivity contribution in [3.63, 3.8) is 0 Å². The molecule has 0 spiro atoms. The average molecular weight is 905 g/mol. The molecule has 11 aromatic carbocycles. The van der Waals surface area contributed by atoms with E-state index in [1.807, 2.05) is 0 Å². The smallest absolute Gasteiger partial charge is 0.160 e. The zero-order valence-corrected chi connectivity index (χ0v) is 39.2. The Hall–Kier alpha value is -9.12. The molecule has 0 fully saturated rings. The van der Waals surface area contributed by atoms with Crippen molar-refractivity contribution in [3.05, 3.63) is 242 Å². The van der Waals surface area contributed by atoms with Crippen LogP contribution in [0.1, 0.15) is 25.0 Å². The van der Waals surface area contributed by atoms with Crippen molar-refractivity contribution in [1.82, 2.24) is 19.1 Å². The van der Waals surface area contributed by atoms with Gasteiger partial charge < -0.3 is 9.13 Å². The fourth-order valence-electron chi connectivity index (χ4n) is 12.2. The largest absolute Gasteiger partial charge is 0.309 e. The van der Waals surface area contributed by atoms with Crippen LogP contribution in [0, 0.1) is 0 Å². The van der Waals surface area contributed by atoms with Crippen LogP contribution in [0.4, 0.5) is 0 Å². The Morgan fingerprint density at radius 1 is 0.296 bits per heavy atom. The van der Waals surface area contributed by atoms with Crippen LogP contribution in [0.15, 0.2) is 231 Å². The Labute approximate surface area is 410 Å². The lowest BCUT2D eigenvalue weighted by atomic mass is 9.81. The van der Waals surface area contributed by atoms with E-state index in [4.69, 9.17) is 9.97 Å². The van der Waals surface area contributed by atoms with Crippen molar-refractivity contribution in [2.75, 3.05) is 0 Å². The van der Waals surface area contributed by atoms with E-state index in [-0.39, 0.29) is 5.41 Å². The van der Waals surface area contributed by atoms with E-state index < -0.39 is 0 Å². The van der Waals surface area contributed by atoms with E-state index in [1.54, 1.807) is 0 Å². The number of rotatable bonds is 5. The quantitative estimate of drug-likeness (QED) is 0.161. The molecule has 0 bridgehead atoms. The summed E-state index contributed by atoms with van der Waals surface area (Å²) in [5.41, 5.74) is 16.7. The molecule has 4 heteroatoms.